The highest BCUT2D eigenvalue weighted by Crippen LogP contribution is 2.39. The lowest BCUT2D eigenvalue weighted by Gasteiger charge is -2.44. The summed E-state index contributed by atoms with van der Waals surface area (Å²) in [5.74, 6) is 0. The highest BCUT2D eigenvalue weighted by atomic mass is 15.1. The Labute approximate surface area is 117 Å². The fourth-order valence-electron chi connectivity index (χ4n) is 3.59. The van der Waals surface area contributed by atoms with Crippen molar-refractivity contribution < 1.29 is 0 Å². The number of benzene rings is 1. The summed E-state index contributed by atoms with van der Waals surface area (Å²) in [6.45, 7) is 8.33. The van der Waals surface area contributed by atoms with E-state index in [2.05, 4.69) is 41.4 Å². The second kappa shape index (κ2) is 5.64. The van der Waals surface area contributed by atoms with Crippen molar-refractivity contribution in [1.29, 1.82) is 0 Å². The maximum Gasteiger partial charge on any atom is 0.0233 e. The number of piperidine rings is 2. The third-order valence-electron chi connectivity index (χ3n) is 5.11. The molecule has 1 aromatic rings. The van der Waals surface area contributed by atoms with E-state index in [0.29, 0.717) is 5.41 Å². The van der Waals surface area contributed by atoms with Crippen LogP contribution in [0.4, 0.5) is 0 Å². The topological polar surface area (TPSA) is 15.3 Å². The molecule has 1 aromatic carbocycles. The predicted molar refractivity (Wildman–Crippen MR) is 80.2 cm³/mol. The van der Waals surface area contributed by atoms with Crippen molar-refractivity contribution in [3.05, 3.63) is 35.4 Å². The first-order valence-corrected chi connectivity index (χ1v) is 7.74. The smallest absolute Gasteiger partial charge is 0.0233 e. The van der Waals surface area contributed by atoms with Crippen molar-refractivity contribution in [2.75, 3.05) is 26.2 Å². The Hall–Kier alpha value is -0.860. The van der Waals surface area contributed by atoms with E-state index in [1.165, 1.54) is 63.0 Å². The van der Waals surface area contributed by atoms with Crippen LogP contribution in [-0.2, 0) is 6.54 Å². The van der Waals surface area contributed by atoms with Crippen LogP contribution in [0.1, 0.15) is 36.8 Å². The molecule has 0 aliphatic carbocycles. The molecule has 104 valence electrons. The molecule has 3 rings (SSSR count). The molecule has 0 radical (unpaired) electrons. The Kier molecular flexibility index (Phi) is 3.90. The summed E-state index contributed by atoms with van der Waals surface area (Å²) in [6, 6.07) is 9.02. The number of hydrogen-bond acceptors (Lipinski definition) is 2. The van der Waals surface area contributed by atoms with Crippen molar-refractivity contribution in [2.45, 2.75) is 39.2 Å². The number of rotatable bonds is 2. The van der Waals surface area contributed by atoms with Gasteiger partial charge in [-0.2, -0.15) is 0 Å². The van der Waals surface area contributed by atoms with E-state index in [4.69, 9.17) is 0 Å². The molecule has 2 aliphatic heterocycles. The first kappa shape index (κ1) is 13.1. The molecule has 19 heavy (non-hydrogen) atoms. The van der Waals surface area contributed by atoms with Crippen molar-refractivity contribution in [1.82, 2.24) is 10.2 Å². The van der Waals surface area contributed by atoms with E-state index in [-0.39, 0.29) is 0 Å². The molecular formula is C17H26N2. The number of likely N-dealkylation sites (tertiary alicyclic amines) is 1. The monoisotopic (exact) mass is 258 g/mol. The first-order chi connectivity index (χ1) is 9.26. The van der Waals surface area contributed by atoms with Crippen LogP contribution in [0.3, 0.4) is 0 Å². The quantitative estimate of drug-likeness (QED) is 0.877. The highest BCUT2D eigenvalue weighted by molar-refractivity contribution is 5.21. The van der Waals surface area contributed by atoms with Gasteiger partial charge in [0.15, 0.2) is 0 Å². The fraction of sp³-hybridized carbons (Fsp3) is 0.647. The minimum atomic E-state index is 0.676. The second-order valence-electron chi connectivity index (χ2n) is 6.51. The zero-order valence-electron chi connectivity index (χ0n) is 12.1. The third kappa shape index (κ3) is 3.18. The molecule has 2 heterocycles. The Bertz CT molecular complexity index is 394. The molecule has 0 bridgehead atoms. The van der Waals surface area contributed by atoms with Gasteiger partial charge in [0.25, 0.3) is 0 Å². The van der Waals surface area contributed by atoms with Gasteiger partial charge in [0.2, 0.25) is 0 Å². The number of nitrogens with one attached hydrogen (secondary N) is 1. The Balaban J connectivity index is 1.54. The first-order valence-electron chi connectivity index (χ1n) is 7.74. The number of aryl methyl sites for hydroxylation is 1. The van der Waals surface area contributed by atoms with Crippen molar-refractivity contribution >= 4 is 0 Å². The average molecular weight is 258 g/mol. The van der Waals surface area contributed by atoms with Gasteiger partial charge in [-0.1, -0.05) is 29.8 Å². The minimum Gasteiger partial charge on any atom is -0.317 e. The molecule has 0 atom stereocenters. The molecule has 2 fully saturated rings. The summed E-state index contributed by atoms with van der Waals surface area (Å²) in [4.78, 5) is 2.64. The van der Waals surface area contributed by atoms with E-state index < -0.39 is 0 Å². The summed E-state index contributed by atoms with van der Waals surface area (Å²) >= 11 is 0. The van der Waals surface area contributed by atoms with E-state index in [9.17, 15) is 0 Å². The Morgan fingerprint density at radius 2 is 1.63 bits per heavy atom. The van der Waals surface area contributed by atoms with Crippen molar-refractivity contribution in [2.24, 2.45) is 5.41 Å². The lowest BCUT2D eigenvalue weighted by Crippen LogP contribution is -2.45. The SMILES string of the molecule is Cc1ccc(CN2CCC3(CCNCC3)CC2)cc1. The molecule has 1 N–H and O–H groups in total. The highest BCUT2D eigenvalue weighted by Gasteiger charge is 2.35. The molecule has 1 spiro atoms. The summed E-state index contributed by atoms with van der Waals surface area (Å²) in [6.07, 6.45) is 5.60. The minimum absolute atomic E-state index is 0.676. The van der Waals surface area contributed by atoms with E-state index in [1.807, 2.05) is 0 Å². The fourth-order valence-corrected chi connectivity index (χ4v) is 3.59. The summed E-state index contributed by atoms with van der Waals surface area (Å²) < 4.78 is 0. The summed E-state index contributed by atoms with van der Waals surface area (Å²) in [7, 11) is 0. The number of hydrogen-bond donors (Lipinski definition) is 1. The Morgan fingerprint density at radius 1 is 1.00 bits per heavy atom. The van der Waals surface area contributed by atoms with Crippen molar-refractivity contribution in [3.63, 3.8) is 0 Å². The molecule has 0 aromatic heterocycles. The van der Waals surface area contributed by atoms with Gasteiger partial charge < -0.3 is 5.32 Å². The zero-order chi connectivity index (χ0) is 13.1. The van der Waals surface area contributed by atoms with Crippen LogP contribution in [0.15, 0.2) is 24.3 Å². The maximum absolute atomic E-state index is 3.50. The maximum atomic E-state index is 3.50. The number of nitrogens with zero attached hydrogens (tertiary/aromatic N) is 1. The average Bonchev–Trinajstić information content (AvgIpc) is 2.45. The molecule has 2 nitrogen and oxygen atoms in total. The molecule has 2 aliphatic rings. The molecule has 0 amide bonds. The van der Waals surface area contributed by atoms with Crippen LogP contribution >= 0.6 is 0 Å². The van der Waals surface area contributed by atoms with Gasteiger partial charge in [0, 0.05) is 6.54 Å². The second-order valence-corrected chi connectivity index (χ2v) is 6.51. The van der Waals surface area contributed by atoms with Gasteiger partial charge in [-0.15, -0.1) is 0 Å². The van der Waals surface area contributed by atoms with Crippen LogP contribution in [0, 0.1) is 12.3 Å². The molecular weight excluding hydrogens is 232 g/mol. The summed E-state index contributed by atoms with van der Waals surface area (Å²) in [5, 5.41) is 3.50. The van der Waals surface area contributed by atoms with Crippen LogP contribution in [0.25, 0.3) is 0 Å². The van der Waals surface area contributed by atoms with Crippen molar-refractivity contribution in [3.8, 4) is 0 Å². The van der Waals surface area contributed by atoms with Crippen LogP contribution < -0.4 is 5.32 Å². The van der Waals surface area contributed by atoms with Gasteiger partial charge >= 0.3 is 0 Å². The Morgan fingerprint density at radius 3 is 2.26 bits per heavy atom. The van der Waals surface area contributed by atoms with Gasteiger partial charge in [0.05, 0.1) is 0 Å². The van der Waals surface area contributed by atoms with E-state index in [0.717, 1.165) is 6.54 Å². The molecule has 2 saturated heterocycles. The van der Waals surface area contributed by atoms with E-state index >= 15 is 0 Å². The van der Waals surface area contributed by atoms with Gasteiger partial charge in [0.1, 0.15) is 0 Å². The van der Waals surface area contributed by atoms with Gasteiger partial charge in [-0.25, -0.2) is 0 Å². The van der Waals surface area contributed by atoms with Crippen LogP contribution in [0.5, 0.6) is 0 Å². The summed E-state index contributed by atoms with van der Waals surface area (Å²) in [5.41, 5.74) is 3.50. The zero-order valence-corrected chi connectivity index (χ0v) is 12.1. The molecule has 2 heteroatoms. The predicted octanol–water partition coefficient (Wildman–Crippen LogP) is 2.96. The van der Waals surface area contributed by atoms with Gasteiger partial charge in [-0.05, 0) is 69.8 Å². The van der Waals surface area contributed by atoms with Gasteiger partial charge in [-0.3, -0.25) is 4.90 Å². The largest absolute Gasteiger partial charge is 0.317 e. The third-order valence-corrected chi connectivity index (χ3v) is 5.11. The molecule has 0 saturated carbocycles. The lowest BCUT2D eigenvalue weighted by molar-refractivity contribution is 0.0701. The van der Waals surface area contributed by atoms with Crippen LogP contribution in [0.2, 0.25) is 0 Å². The van der Waals surface area contributed by atoms with Crippen LogP contribution in [-0.4, -0.2) is 31.1 Å². The van der Waals surface area contributed by atoms with E-state index in [1.54, 1.807) is 0 Å². The normalized spacial score (nSPS) is 23.6. The lowest BCUT2D eigenvalue weighted by atomic mass is 9.71. The molecule has 0 unspecified atom stereocenters. The standard InChI is InChI=1S/C17H26N2/c1-15-2-4-16(5-3-15)14-19-12-8-17(9-13-19)6-10-18-11-7-17/h2-5,18H,6-14H2,1H3.